The average molecular weight is 217 g/mol. The Morgan fingerprint density at radius 2 is 2.25 bits per heavy atom. The molecular weight excluding hydrogens is 210 g/mol. The fourth-order valence-electron chi connectivity index (χ4n) is 1.28. The van der Waals surface area contributed by atoms with Gasteiger partial charge in [-0.25, -0.2) is 4.98 Å². The first kappa shape index (κ1) is 10.0. The van der Waals surface area contributed by atoms with E-state index in [-0.39, 0.29) is 17.2 Å². The topological polar surface area (TPSA) is 78.0 Å². The maximum Gasteiger partial charge on any atom is 0.270 e. The molecule has 0 aliphatic rings. The molecule has 1 aromatic heterocycles. The van der Waals surface area contributed by atoms with Crippen LogP contribution in [0.25, 0.3) is 0 Å². The molecule has 0 fully saturated rings. The van der Waals surface area contributed by atoms with E-state index in [9.17, 15) is 14.9 Å². The van der Waals surface area contributed by atoms with Crippen molar-refractivity contribution in [3.8, 4) is 0 Å². The lowest BCUT2D eigenvalue weighted by atomic mass is 10.2. The van der Waals surface area contributed by atoms with E-state index in [1.165, 1.54) is 47.6 Å². The van der Waals surface area contributed by atoms with Crippen LogP contribution in [0.3, 0.4) is 0 Å². The summed E-state index contributed by atoms with van der Waals surface area (Å²) in [4.78, 5) is 25.5. The third kappa shape index (κ3) is 1.81. The van der Waals surface area contributed by atoms with Crippen molar-refractivity contribution in [2.75, 3.05) is 0 Å². The molecular formula is C10H7N3O3. The number of non-ortho nitro benzene ring substituents is 1. The van der Waals surface area contributed by atoms with E-state index in [1.807, 2.05) is 0 Å². The van der Waals surface area contributed by atoms with Crippen LogP contribution in [-0.4, -0.2) is 20.4 Å². The number of nitro groups is 1. The summed E-state index contributed by atoms with van der Waals surface area (Å²) in [6.07, 6.45) is 4.30. The molecule has 0 spiro atoms. The number of nitro benzene ring substituents is 1. The number of imidazole rings is 1. The molecule has 2 aromatic rings. The van der Waals surface area contributed by atoms with E-state index in [2.05, 4.69) is 4.98 Å². The average Bonchev–Trinajstić information content (AvgIpc) is 2.81. The van der Waals surface area contributed by atoms with Gasteiger partial charge >= 0.3 is 0 Å². The first-order chi connectivity index (χ1) is 7.68. The summed E-state index contributed by atoms with van der Waals surface area (Å²) >= 11 is 0. The molecule has 1 aromatic carbocycles. The van der Waals surface area contributed by atoms with Gasteiger partial charge in [0.05, 0.1) is 4.92 Å². The monoisotopic (exact) mass is 217 g/mol. The number of rotatable bonds is 2. The minimum Gasteiger partial charge on any atom is -0.272 e. The van der Waals surface area contributed by atoms with E-state index in [0.29, 0.717) is 0 Å². The van der Waals surface area contributed by atoms with Gasteiger partial charge in [-0.3, -0.25) is 19.5 Å². The maximum atomic E-state index is 11.8. The highest BCUT2D eigenvalue weighted by molar-refractivity contribution is 5.96. The van der Waals surface area contributed by atoms with Gasteiger partial charge < -0.3 is 0 Å². The van der Waals surface area contributed by atoms with Crippen molar-refractivity contribution in [3.05, 3.63) is 58.7 Å². The second-order valence-electron chi connectivity index (χ2n) is 3.08. The third-order valence-electron chi connectivity index (χ3n) is 2.04. The molecule has 2 rings (SSSR count). The Labute approximate surface area is 90.3 Å². The predicted molar refractivity (Wildman–Crippen MR) is 55.1 cm³/mol. The Balaban J connectivity index is 2.38. The summed E-state index contributed by atoms with van der Waals surface area (Å²) in [5.74, 6) is -0.346. The van der Waals surface area contributed by atoms with Gasteiger partial charge in [-0.05, 0) is 6.07 Å². The number of aromatic nitrogens is 2. The van der Waals surface area contributed by atoms with E-state index in [0.717, 1.165) is 0 Å². The normalized spacial score (nSPS) is 10.0. The predicted octanol–water partition coefficient (Wildman–Crippen LogP) is 1.48. The lowest BCUT2D eigenvalue weighted by molar-refractivity contribution is -0.384. The molecule has 0 unspecified atom stereocenters. The minimum absolute atomic E-state index is 0.106. The molecule has 0 radical (unpaired) electrons. The summed E-state index contributed by atoms with van der Waals surface area (Å²) in [5, 5.41) is 10.5. The van der Waals surface area contributed by atoms with Crippen molar-refractivity contribution < 1.29 is 9.72 Å². The van der Waals surface area contributed by atoms with Crippen LogP contribution in [0.2, 0.25) is 0 Å². The summed E-state index contributed by atoms with van der Waals surface area (Å²) < 4.78 is 1.26. The van der Waals surface area contributed by atoms with Crippen LogP contribution in [0.4, 0.5) is 5.69 Å². The van der Waals surface area contributed by atoms with E-state index in [1.54, 1.807) is 0 Å². The molecule has 0 aliphatic carbocycles. The van der Waals surface area contributed by atoms with Crippen LogP contribution < -0.4 is 0 Å². The van der Waals surface area contributed by atoms with Gasteiger partial charge in [-0.2, -0.15) is 0 Å². The number of hydrogen-bond donors (Lipinski definition) is 0. The highest BCUT2D eigenvalue weighted by Crippen LogP contribution is 2.13. The first-order valence-electron chi connectivity index (χ1n) is 4.45. The molecule has 80 valence electrons. The number of nitrogens with zero attached hydrogens (tertiary/aromatic N) is 3. The molecule has 0 saturated heterocycles. The zero-order valence-electron chi connectivity index (χ0n) is 8.11. The first-order valence-corrected chi connectivity index (χ1v) is 4.45. The van der Waals surface area contributed by atoms with Gasteiger partial charge in [-0.15, -0.1) is 0 Å². The van der Waals surface area contributed by atoms with Crippen LogP contribution in [0.1, 0.15) is 10.4 Å². The Bertz CT molecular complexity index is 534. The molecule has 1 heterocycles. The summed E-state index contributed by atoms with van der Waals surface area (Å²) in [6.45, 7) is 0. The SMILES string of the molecule is O=C(c1cccc([N+](=O)[O-])c1)n1ccnc1. The quantitative estimate of drug-likeness (QED) is 0.563. The van der Waals surface area contributed by atoms with E-state index in [4.69, 9.17) is 0 Å². The van der Waals surface area contributed by atoms with Crippen LogP contribution in [0.15, 0.2) is 43.0 Å². The molecule has 0 aliphatic heterocycles. The molecule has 0 atom stereocenters. The van der Waals surface area contributed by atoms with Crippen LogP contribution >= 0.6 is 0 Å². The van der Waals surface area contributed by atoms with Crippen LogP contribution in [0, 0.1) is 10.1 Å². The zero-order valence-corrected chi connectivity index (χ0v) is 8.11. The largest absolute Gasteiger partial charge is 0.272 e. The Morgan fingerprint density at radius 3 is 2.88 bits per heavy atom. The fourth-order valence-corrected chi connectivity index (χ4v) is 1.28. The van der Waals surface area contributed by atoms with Gasteiger partial charge in [-0.1, -0.05) is 6.07 Å². The summed E-state index contributed by atoms with van der Waals surface area (Å²) in [6, 6.07) is 5.57. The molecule has 0 N–H and O–H groups in total. The third-order valence-corrected chi connectivity index (χ3v) is 2.04. The minimum atomic E-state index is -0.537. The lowest BCUT2D eigenvalue weighted by Gasteiger charge is -2.00. The summed E-state index contributed by atoms with van der Waals surface area (Å²) in [7, 11) is 0. The Kier molecular flexibility index (Phi) is 2.47. The smallest absolute Gasteiger partial charge is 0.270 e. The lowest BCUT2D eigenvalue weighted by Crippen LogP contribution is -2.09. The number of carbonyl (C=O) groups is 1. The standard InChI is InChI=1S/C10H7N3O3/c14-10(12-5-4-11-7-12)8-2-1-3-9(6-8)13(15)16/h1-7H. The van der Waals surface area contributed by atoms with E-state index >= 15 is 0 Å². The molecule has 16 heavy (non-hydrogen) atoms. The molecule has 6 nitrogen and oxygen atoms in total. The number of carbonyl (C=O) groups excluding carboxylic acids is 1. The van der Waals surface area contributed by atoms with Gasteiger partial charge in [0.15, 0.2) is 0 Å². The Hall–Kier alpha value is -2.50. The van der Waals surface area contributed by atoms with Gasteiger partial charge in [0, 0.05) is 30.1 Å². The van der Waals surface area contributed by atoms with Gasteiger partial charge in [0.2, 0.25) is 0 Å². The van der Waals surface area contributed by atoms with Crippen LogP contribution in [-0.2, 0) is 0 Å². The maximum absolute atomic E-state index is 11.8. The molecule has 0 saturated carbocycles. The van der Waals surface area contributed by atoms with Gasteiger partial charge in [0.25, 0.3) is 11.6 Å². The highest BCUT2D eigenvalue weighted by Gasteiger charge is 2.12. The van der Waals surface area contributed by atoms with Crippen molar-refractivity contribution in [2.24, 2.45) is 0 Å². The second kappa shape index (κ2) is 3.93. The highest BCUT2D eigenvalue weighted by atomic mass is 16.6. The number of benzene rings is 1. The van der Waals surface area contributed by atoms with Crippen molar-refractivity contribution in [1.82, 2.24) is 9.55 Å². The second-order valence-corrected chi connectivity index (χ2v) is 3.08. The molecule has 0 amide bonds. The van der Waals surface area contributed by atoms with Crippen molar-refractivity contribution in [3.63, 3.8) is 0 Å². The Morgan fingerprint density at radius 1 is 1.44 bits per heavy atom. The molecule has 6 heteroatoms. The van der Waals surface area contributed by atoms with Gasteiger partial charge in [0.1, 0.15) is 6.33 Å². The van der Waals surface area contributed by atoms with Crippen molar-refractivity contribution in [1.29, 1.82) is 0 Å². The fraction of sp³-hybridized carbons (Fsp3) is 0. The van der Waals surface area contributed by atoms with E-state index < -0.39 is 4.92 Å². The zero-order chi connectivity index (χ0) is 11.5. The van der Waals surface area contributed by atoms with Crippen LogP contribution in [0.5, 0.6) is 0 Å². The van der Waals surface area contributed by atoms with Crippen molar-refractivity contribution in [2.45, 2.75) is 0 Å². The van der Waals surface area contributed by atoms with Crippen molar-refractivity contribution >= 4 is 11.6 Å². The summed E-state index contributed by atoms with van der Waals surface area (Å²) in [5.41, 5.74) is 0.151. The molecule has 0 bridgehead atoms. The number of hydrogen-bond acceptors (Lipinski definition) is 4.